The molecule has 0 fully saturated rings. The number of carboxylic acids is 1. The summed E-state index contributed by atoms with van der Waals surface area (Å²) in [4.78, 5) is 23.7. The van der Waals surface area contributed by atoms with Crippen molar-refractivity contribution >= 4 is 38.3 Å². The first-order valence-electron chi connectivity index (χ1n) is 10.1. The molecule has 34 heavy (non-hydrogen) atoms. The van der Waals surface area contributed by atoms with Gasteiger partial charge in [0.25, 0.3) is 10.0 Å². The van der Waals surface area contributed by atoms with Gasteiger partial charge in [-0.25, -0.2) is 18.2 Å². The van der Waals surface area contributed by atoms with E-state index >= 15 is 0 Å². The highest BCUT2D eigenvalue weighted by atomic mass is 32.2. The van der Waals surface area contributed by atoms with Gasteiger partial charge in [0.05, 0.1) is 34.5 Å². The second-order valence-electron chi connectivity index (χ2n) is 7.33. The first-order valence-corrected chi connectivity index (χ1v) is 11.5. The summed E-state index contributed by atoms with van der Waals surface area (Å²) < 4.78 is 25.7. The molecule has 0 amide bonds. The molecule has 1 heterocycles. The Morgan fingerprint density at radius 3 is 2.29 bits per heavy atom. The lowest BCUT2D eigenvalue weighted by Gasteiger charge is -2.14. The number of hydrogen-bond acceptors (Lipinski definition) is 6. The molecular weight excluding hydrogens is 458 g/mol. The molecule has 3 N–H and O–H groups in total. The van der Waals surface area contributed by atoms with Gasteiger partial charge >= 0.3 is 5.97 Å². The Bertz CT molecular complexity index is 1490. The monoisotopic (exact) mass is 479 g/mol. The third-order valence-electron chi connectivity index (χ3n) is 5.28. The molecule has 3 aromatic carbocycles. The van der Waals surface area contributed by atoms with Crippen LogP contribution in [0.4, 0.5) is 5.69 Å². The number of aromatic amines is 1. The van der Waals surface area contributed by atoms with Crippen LogP contribution in [0.5, 0.6) is 5.88 Å². The fourth-order valence-electron chi connectivity index (χ4n) is 3.49. The number of aromatic nitrogens is 1. The fraction of sp³-hybridized carbons (Fsp3) is 0.0833. The smallest absolute Gasteiger partial charge is 0.335 e. The van der Waals surface area contributed by atoms with Crippen molar-refractivity contribution in [3.05, 3.63) is 89.5 Å². The van der Waals surface area contributed by atoms with Crippen molar-refractivity contribution in [2.24, 2.45) is 4.99 Å². The summed E-state index contributed by atoms with van der Waals surface area (Å²) in [5.41, 5.74) is 2.51. The molecule has 0 saturated heterocycles. The van der Waals surface area contributed by atoms with Gasteiger partial charge in [0, 0.05) is 23.5 Å². The summed E-state index contributed by atoms with van der Waals surface area (Å²) in [6, 6.07) is 19.6. The zero-order chi connectivity index (χ0) is 24.5. The number of nitrogens with one attached hydrogen (secondary N) is 1. The molecule has 4 aromatic rings. The number of hydrogen-bond donors (Lipinski definition) is 3. The zero-order valence-electron chi connectivity index (χ0n) is 18.3. The molecule has 0 bridgehead atoms. The first-order chi connectivity index (χ1) is 16.2. The van der Waals surface area contributed by atoms with E-state index in [-0.39, 0.29) is 16.3 Å². The molecule has 4 rings (SSSR count). The second kappa shape index (κ2) is 9.10. The number of sulfonamides is 1. The van der Waals surface area contributed by atoms with Crippen molar-refractivity contribution in [1.29, 1.82) is 0 Å². The molecule has 0 aliphatic rings. The van der Waals surface area contributed by atoms with Crippen LogP contribution in [0.2, 0.25) is 0 Å². The van der Waals surface area contributed by atoms with Gasteiger partial charge in [-0.05, 0) is 36.4 Å². The fourth-order valence-corrected chi connectivity index (χ4v) is 4.46. The van der Waals surface area contributed by atoms with E-state index in [1.165, 1.54) is 38.4 Å². The van der Waals surface area contributed by atoms with E-state index < -0.39 is 16.0 Å². The van der Waals surface area contributed by atoms with Crippen LogP contribution in [0, 0.1) is 0 Å². The lowest BCUT2D eigenvalue weighted by atomic mass is 10.00. The number of hydroxylamine groups is 1. The number of aromatic carboxylic acids is 1. The van der Waals surface area contributed by atoms with Crippen molar-refractivity contribution in [3.63, 3.8) is 0 Å². The first kappa shape index (κ1) is 23.2. The minimum Gasteiger partial charge on any atom is -0.494 e. The molecule has 174 valence electrons. The lowest BCUT2D eigenvalue weighted by Crippen LogP contribution is -2.25. The minimum absolute atomic E-state index is 0.0354. The highest BCUT2D eigenvalue weighted by Crippen LogP contribution is 2.32. The summed E-state index contributed by atoms with van der Waals surface area (Å²) in [6.45, 7) is 0. The van der Waals surface area contributed by atoms with E-state index in [1.54, 1.807) is 18.2 Å². The molecule has 0 aliphatic carbocycles. The highest BCUT2D eigenvalue weighted by molar-refractivity contribution is 7.89. The Hall–Kier alpha value is -3.99. The van der Waals surface area contributed by atoms with Gasteiger partial charge in [-0.2, -0.15) is 0 Å². The minimum atomic E-state index is -3.81. The Kier molecular flexibility index (Phi) is 6.20. The van der Waals surface area contributed by atoms with Crippen LogP contribution in [-0.2, 0) is 14.9 Å². The van der Waals surface area contributed by atoms with E-state index in [4.69, 9.17) is 9.83 Å². The van der Waals surface area contributed by atoms with Crippen molar-refractivity contribution in [2.75, 3.05) is 14.2 Å². The van der Waals surface area contributed by atoms with E-state index in [0.29, 0.717) is 33.4 Å². The molecule has 0 aliphatic heterocycles. The number of nitrogens with zero attached hydrogens (tertiary/aromatic N) is 2. The van der Waals surface area contributed by atoms with Crippen LogP contribution in [0.1, 0.15) is 21.5 Å². The Morgan fingerprint density at radius 2 is 1.68 bits per heavy atom. The predicted molar refractivity (Wildman–Crippen MR) is 127 cm³/mol. The molecule has 0 spiro atoms. The Balaban J connectivity index is 1.86. The second-order valence-corrected chi connectivity index (χ2v) is 9.27. The summed E-state index contributed by atoms with van der Waals surface area (Å²) in [5, 5.41) is 20.6. The van der Waals surface area contributed by atoms with E-state index in [0.717, 1.165) is 4.47 Å². The van der Waals surface area contributed by atoms with Gasteiger partial charge in [0.1, 0.15) is 0 Å². The van der Waals surface area contributed by atoms with Gasteiger partial charge in [0.2, 0.25) is 0 Å². The van der Waals surface area contributed by atoms with Gasteiger partial charge in [-0.1, -0.05) is 40.9 Å². The van der Waals surface area contributed by atoms with Crippen molar-refractivity contribution in [2.45, 2.75) is 4.90 Å². The number of benzene rings is 3. The Labute approximate surface area is 195 Å². The average Bonchev–Trinajstić information content (AvgIpc) is 3.17. The lowest BCUT2D eigenvalue weighted by molar-refractivity contribution is -0.0258. The van der Waals surface area contributed by atoms with E-state index in [2.05, 4.69) is 4.98 Å². The van der Waals surface area contributed by atoms with Crippen molar-refractivity contribution in [3.8, 4) is 5.88 Å². The van der Waals surface area contributed by atoms with E-state index in [9.17, 15) is 23.4 Å². The standard InChI is InChI=1S/C24H21N3O6S/c1-27(33-2)34(31,32)18-11-9-17(10-12-18)25-22(15-6-4-3-5-7-15)21-19-13-8-16(24(29)30)14-20(19)26-23(21)28/h3-14,26,28H,1-2H3,(H,29,30). The van der Waals surface area contributed by atoms with Crippen LogP contribution < -0.4 is 0 Å². The summed E-state index contributed by atoms with van der Waals surface area (Å²) in [5.74, 6) is -1.25. The van der Waals surface area contributed by atoms with Crippen LogP contribution in [0.3, 0.4) is 0 Å². The summed E-state index contributed by atoms with van der Waals surface area (Å²) in [6.07, 6.45) is 0. The third-order valence-corrected chi connectivity index (χ3v) is 6.97. The maximum absolute atomic E-state index is 12.5. The van der Waals surface area contributed by atoms with Gasteiger partial charge in [0.15, 0.2) is 5.88 Å². The SMILES string of the molecule is CON(C)S(=O)(=O)c1ccc(N=C(c2ccccc2)c2c(O)[nH]c3cc(C(=O)O)ccc23)cc1. The zero-order valence-corrected chi connectivity index (χ0v) is 19.1. The topological polar surface area (TPSA) is 132 Å². The molecule has 0 unspecified atom stereocenters. The average molecular weight is 480 g/mol. The normalized spacial score (nSPS) is 12.4. The van der Waals surface area contributed by atoms with Gasteiger partial charge in [-0.3, -0.25) is 4.84 Å². The summed E-state index contributed by atoms with van der Waals surface area (Å²) >= 11 is 0. The molecule has 1 aromatic heterocycles. The molecule has 9 nitrogen and oxygen atoms in total. The largest absolute Gasteiger partial charge is 0.494 e. The number of carbonyl (C=O) groups is 1. The van der Waals surface area contributed by atoms with Gasteiger partial charge in [-0.15, -0.1) is 0 Å². The van der Waals surface area contributed by atoms with Crippen molar-refractivity contribution in [1.82, 2.24) is 9.45 Å². The number of carboxylic acid groups (broad SMARTS) is 1. The van der Waals surface area contributed by atoms with Crippen molar-refractivity contribution < 1.29 is 28.3 Å². The summed E-state index contributed by atoms with van der Waals surface area (Å²) in [7, 11) is -1.25. The van der Waals surface area contributed by atoms with Crippen LogP contribution in [0.15, 0.2) is 82.7 Å². The number of aliphatic imine (C=N–C) groups is 1. The quantitative estimate of drug-likeness (QED) is 0.272. The maximum Gasteiger partial charge on any atom is 0.335 e. The number of fused-ring (bicyclic) bond motifs is 1. The maximum atomic E-state index is 12.5. The number of H-pyrrole nitrogens is 1. The predicted octanol–water partition coefficient (Wildman–Crippen LogP) is 3.92. The molecule has 0 saturated carbocycles. The number of aromatic hydroxyl groups is 1. The Morgan fingerprint density at radius 1 is 1.00 bits per heavy atom. The third kappa shape index (κ3) is 4.29. The van der Waals surface area contributed by atoms with Crippen LogP contribution in [-0.4, -0.2) is 53.9 Å². The molecule has 0 radical (unpaired) electrons. The highest BCUT2D eigenvalue weighted by Gasteiger charge is 2.22. The molecule has 10 heteroatoms. The van der Waals surface area contributed by atoms with Crippen LogP contribution >= 0.6 is 0 Å². The number of rotatable bonds is 7. The van der Waals surface area contributed by atoms with Crippen LogP contribution in [0.25, 0.3) is 10.9 Å². The molecule has 0 atom stereocenters. The molecular formula is C24H21N3O6S. The van der Waals surface area contributed by atoms with Gasteiger partial charge < -0.3 is 15.2 Å². The van der Waals surface area contributed by atoms with E-state index in [1.807, 2.05) is 30.3 Å².